The third-order valence-corrected chi connectivity index (χ3v) is 3.95. The molecular weight excluding hydrogens is 314 g/mol. The monoisotopic (exact) mass is 327 g/mol. The Morgan fingerprint density at radius 1 is 1.35 bits per heavy atom. The van der Waals surface area contributed by atoms with Crippen LogP contribution in [0.4, 0.5) is 0 Å². The van der Waals surface area contributed by atoms with Crippen molar-refractivity contribution >= 4 is 17.2 Å². The molecule has 0 unspecified atom stereocenters. The number of ether oxygens (including phenoxy) is 1. The third-order valence-electron chi connectivity index (χ3n) is 3.25. The summed E-state index contributed by atoms with van der Waals surface area (Å²) < 4.78 is 5.34. The van der Waals surface area contributed by atoms with Crippen molar-refractivity contribution in [3.05, 3.63) is 41.3 Å². The summed E-state index contributed by atoms with van der Waals surface area (Å²) in [5, 5.41) is 8.35. The molecule has 0 saturated carbocycles. The van der Waals surface area contributed by atoms with Crippen molar-refractivity contribution in [2.24, 2.45) is 5.73 Å². The van der Waals surface area contributed by atoms with Crippen LogP contribution in [-0.2, 0) is 0 Å². The fourth-order valence-corrected chi connectivity index (χ4v) is 2.88. The number of methoxy groups -OCH3 is 1. The lowest BCUT2D eigenvalue weighted by atomic mass is 9.97. The van der Waals surface area contributed by atoms with Gasteiger partial charge in [0.05, 0.1) is 18.9 Å². The van der Waals surface area contributed by atoms with Gasteiger partial charge in [0, 0.05) is 23.0 Å². The van der Waals surface area contributed by atoms with Crippen LogP contribution in [0.15, 0.2) is 30.0 Å². The highest BCUT2D eigenvalue weighted by Crippen LogP contribution is 2.36. The maximum absolute atomic E-state index is 12.1. The molecule has 7 nitrogen and oxygen atoms in total. The second kappa shape index (κ2) is 6.09. The van der Waals surface area contributed by atoms with Gasteiger partial charge in [0.25, 0.3) is 5.91 Å². The fraction of sp³-hybridized carbons (Fsp3) is 0.133. The Kier molecular flexibility index (Phi) is 3.98. The lowest BCUT2D eigenvalue weighted by Gasteiger charge is -2.14. The normalized spacial score (nSPS) is 10.5. The zero-order valence-electron chi connectivity index (χ0n) is 12.5. The molecule has 0 aromatic carbocycles. The van der Waals surface area contributed by atoms with Crippen molar-refractivity contribution in [1.82, 2.24) is 20.2 Å². The highest BCUT2D eigenvalue weighted by atomic mass is 32.1. The third kappa shape index (κ3) is 2.76. The minimum atomic E-state index is -0.587. The molecule has 0 fully saturated rings. The van der Waals surface area contributed by atoms with Crippen molar-refractivity contribution in [3.63, 3.8) is 0 Å². The lowest BCUT2D eigenvalue weighted by Crippen LogP contribution is -2.15. The standard InChI is InChI=1S/C15H13N5O2S/c1-8-5-10(9-3-4-17-6-11(9)22-2)12(14(16)21)13(19-8)15-20-18-7-23-15/h3-7H,1-2H3,(H2,16,21). The van der Waals surface area contributed by atoms with Gasteiger partial charge in [-0.2, -0.15) is 0 Å². The number of hydrogen-bond donors (Lipinski definition) is 1. The maximum atomic E-state index is 12.1. The number of rotatable bonds is 4. The molecule has 8 heteroatoms. The molecule has 0 radical (unpaired) electrons. The van der Waals surface area contributed by atoms with Crippen molar-refractivity contribution in [1.29, 1.82) is 0 Å². The molecule has 2 N–H and O–H groups in total. The molecule has 3 aromatic heterocycles. The molecule has 3 rings (SSSR count). The van der Waals surface area contributed by atoms with Crippen molar-refractivity contribution in [2.45, 2.75) is 6.92 Å². The molecule has 0 saturated heterocycles. The van der Waals surface area contributed by atoms with E-state index in [2.05, 4.69) is 20.2 Å². The smallest absolute Gasteiger partial charge is 0.251 e. The Bertz CT molecular complexity index is 864. The Balaban J connectivity index is 2.35. The number of aromatic nitrogens is 4. The van der Waals surface area contributed by atoms with Crippen LogP contribution in [0.2, 0.25) is 0 Å². The van der Waals surface area contributed by atoms with E-state index < -0.39 is 5.91 Å². The minimum Gasteiger partial charge on any atom is -0.494 e. The maximum Gasteiger partial charge on any atom is 0.251 e. The highest BCUT2D eigenvalue weighted by molar-refractivity contribution is 7.12. The van der Waals surface area contributed by atoms with Crippen LogP contribution in [0.1, 0.15) is 16.1 Å². The van der Waals surface area contributed by atoms with E-state index >= 15 is 0 Å². The molecule has 0 spiro atoms. The van der Waals surface area contributed by atoms with E-state index in [1.807, 2.05) is 6.92 Å². The van der Waals surface area contributed by atoms with Crippen LogP contribution in [0, 0.1) is 6.92 Å². The van der Waals surface area contributed by atoms with E-state index in [1.165, 1.54) is 11.3 Å². The number of nitrogens with two attached hydrogens (primary N) is 1. The Labute approximate surface area is 136 Å². The average Bonchev–Trinajstić information content (AvgIpc) is 3.08. The van der Waals surface area contributed by atoms with Crippen LogP contribution < -0.4 is 10.5 Å². The molecule has 23 heavy (non-hydrogen) atoms. The molecule has 0 atom stereocenters. The summed E-state index contributed by atoms with van der Waals surface area (Å²) in [6, 6.07) is 3.56. The summed E-state index contributed by atoms with van der Waals surface area (Å²) in [4.78, 5) is 20.6. The van der Waals surface area contributed by atoms with Gasteiger partial charge in [-0.3, -0.25) is 9.78 Å². The van der Waals surface area contributed by atoms with Crippen molar-refractivity contribution in [3.8, 4) is 27.6 Å². The van der Waals surface area contributed by atoms with Crippen LogP contribution in [0.3, 0.4) is 0 Å². The van der Waals surface area contributed by atoms with Gasteiger partial charge in [0.15, 0.2) is 5.01 Å². The zero-order chi connectivity index (χ0) is 16.4. The van der Waals surface area contributed by atoms with E-state index in [1.54, 1.807) is 37.1 Å². The zero-order valence-corrected chi connectivity index (χ0v) is 13.3. The largest absolute Gasteiger partial charge is 0.494 e. The number of aryl methyl sites for hydroxylation is 1. The number of pyridine rings is 2. The predicted octanol–water partition coefficient (Wildman–Crippen LogP) is 2.08. The van der Waals surface area contributed by atoms with Crippen LogP contribution in [0.5, 0.6) is 5.75 Å². The SMILES string of the molecule is COc1cnccc1-c1cc(C)nc(-c2nncs2)c1C(N)=O. The molecule has 1 amide bonds. The second-order valence-corrected chi connectivity index (χ2v) is 5.55. The van der Waals surface area contributed by atoms with Crippen LogP contribution in [-0.4, -0.2) is 33.2 Å². The Hall–Kier alpha value is -2.87. The van der Waals surface area contributed by atoms with Gasteiger partial charge in [0.2, 0.25) is 0 Å². The first-order chi connectivity index (χ1) is 11.1. The highest BCUT2D eigenvalue weighted by Gasteiger charge is 2.22. The van der Waals surface area contributed by atoms with E-state index in [4.69, 9.17) is 10.5 Å². The van der Waals surface area contributed by atoms with Gasteiger partial charge >= 0.3 is 0 Å². The number of nitrogens with zero attached hydrogens (tertiary/aromatic N) is 4. The van der Waals surface area contributed by atoms with Gasteiger partial charge in [-0.05, 0) is 19.1 Å². The molecule has 0 bridgehead atoms. The summed E-state index contributed by atoms with van der Waals surface area (Å²) in [5.74, 6) is -0.0413. The lowest BCUT2D eigenvalue weighted by molar-refractivity contribution is 0.100. The Morgan fingerprint density at radius 2 is 2.17 bits per heavy atom. The van der Waals surface area contributed by atoms with E-state index in [0.29, 0.717) is 27.6 Å². The number of primary amides is 1. The molecule has 3 heterocycles. The molecule has 0 aliphatic carbocycles. The second-order valence-electron chi connectivity index (χ2n) is 4.72. The first-order valence-corrected chi connectivity index (χ1v) is 7.56. The summed E-state index contributed by atoms with van der Waals surface area (Å²) in [6.07, 6.45) is 3.21. The number of hydrogen-bond acceptors (Lipinski definition) is 7. The quantitative estimate of drug-likeness (QED) is 0.786. The molecule has 3 aromatic rings. The van der Waals surface area contributed by atoms with E-state index in [9.17, 15) is 4.79 Å². The topological polar surface area (TPSA) is 104 Å². The number of carbonyl (C=O) groups is 1. The fourth-order valence-electron chi connectivity index (χ4n) is 2.33. The van der Waals surface area contributed by atoms with E-state index in [-0.39, 0.29) is 5.56 Å². The minimum absolute atomic E-state index is 0.289. The summed E-state index contributed by atoms with van der Waals surface area (Å²) in [7, 11) is 1.55. The van der Waals surface area contributed by atoms with Gasteiger partial charge in [-0.1, -0.05) is 11.3 Å². The number of amides is 1. The average molecular weight is 327 g/mol. The van der Waals surface area contributed by atoms with Gasteiger partial charge in [0.1, 0.15) is 17.0 Å². The van der Waals surface area contributed by atoms with Crippen LogP contribution >= 0.6 is 11.3 Å². The first kappa shape index (κ1) is 15.0. The summed E-state index contributed by atoms with van der Waals surface area (Å²) in [6.45, 7) is 1.84. The van der Waals surface area contributed by atoms with Crippen molar-refractivity contribution in [2.75, 3.05) is 7.11 Å². The summed E-state index contributed by atoms with van der Waals surface area (Å²) >= 11 is 1.29. The summed E-state index contributed by atoms with van der Waals surface area (Å²) in [5.41, 5.74) is 9.99. The van der Waals surface area contributed by atoms with Gasteiger partial charge in [-0.25, -0.2) is 4.98 Å². The van der Waals surface area contributed by atoms with Crippen molar-refractivity contribution < 1.29 is 9.53 Å². The molecule has 116 valence electrons. The van der Waals surface area contributed by atoms with Gasteiger partial charge < -0.3 is 10.5 Å². The Morgan fingerprint density at radius 3 is 2.83 bits per heavy atom. The van der Waals surface area contributed by atoms with Crippen LogP contribution in [0.25, 0.3) is 21.8 Å². The first-order valence-electron chi connectivity index (χ1n) is 6.68. The van der Waals surface area contributed by atoms with E-state index in [0.717, 1.165) is 5.69 Å². The number of carbonyl (C=O) groups excluding carboxylic acids is 1. The predicted molar refractivity (Wildman–Crippen MR) is 86.2 cm³/mol. The molecule has 0 aliphatic heterocycles. The molecule has 0 aliphatic rings. The van der Waals surface area contributed by atoms with Gasteiger partial charge in [-0.15, -0.1) is 10.2 Å². The molecular formula is C15H13N5O2S.